The number of carboxylic acids is 1. The van der Waals surface area contributed by atoms with Gasteiger partial charge in [0.15, 0.2) is 0 Å². The fraction of sp³-hybridized carbons (Fsp3) is 0.211. The van der Waals surface area contributed by atoms with Crippen LogP contribution >= 0.6 is 0 Å². The highest BCUT2D eigenvalue weighted by Gasteiger charge is 2.22. The highest BCUT2D eigenvalue weighted by atomic mass is 16.5. The van der Waals surface area contributed by atoms with E-state index in [1.54, 1.807) is 12.3 Å². The first-order valence-electron chi connectivity index (χ1n) is 8.13. The molecule has 0 unspecified atom stereocenters. The van der Waals surface area contributed by atoms with Crippen molar-refractivity contribution in [3.05, 3.63) is 48.2 Å². The Labute approximate surface area is 144 Å². The number of phenols is 1. The minimum atomic E-state index is -1.17. The fourth-order valence-corrected chi connectivity index (χ4v) is 2.89. The molecule has 0 saturated heterocycles. The first kappa shape index (κ1) is 15.4. The topological polar surface area (TPSA) is 97.7 Å². The molecule has 0 amide bonds. The van der Waals surface area contributed by atoms with E-state index in [9.17, 15) is 9.90 Å². The molecule has 2 aromatic carbocycles. The highest BCUT2D eigenvalue weighted by Crippen LogP contribution is 2.33. The van der Waals surface area contributed by atoms with E-state index in [4.69, 9.17) is 15.6 Å². The number of benzene rings is 2. The third kappa shape index (κ3) is 2.87. The predicted octanol–water partition coefficient (Wildman–Crippen LogP) is 3.41. The Bertz CT molecular complexity index is 973. The quantitative estimate of drug-likeness (QED) is 0.662. The minimum absolute atomic E-state index is 0.137. The number of aromatic carboxylic acids is 1. The summed E-state index contributed by atoms with van der Waals surface area (Å²) in [4.78, 5) is 11.1. The molecule has 6 heteroatoms. The molecule has 6 nitrogen and oxygen atoms in total. The fourth-order valence-electron chi connectivity index (χ4n) is 2.89. The van der Waals surface area contributed by atoms with E-state index in [1.807, 2.05) is 22.8 Å². The number of nitrogen functional groups attached to an aromatic ring is 1. The summed E-state index contributed by atoms with van der Waals surface area (Å²) in [6.07, 6.45) is 4.20. The lowest BCUT2D eigenvalue weighted by molar-refractivity contribution is 0.0694. The normalized spacial score (nSPS) is 13.9. The zero-order chi connectivity index (χ0) is 17.6. The van der Waals surface area contributed by atoms with Crippen molar-refractivity contribution >= 4 is 22.6 Å². The Kier molecular flexibility index (Phi) is 3.53. The van der Waals surface area contributed by atoms with Gasteiger partial charge in [0.05, 0.1) is 17.8 Å². The van der Waals surface area contributed by atoms with Crippen LogP contribution in [0.15, 0.2) is 42.6 Å². The number of nitrogens with zero attached hydrogens (tertiary/aromatic N) is 1. The number of hydrogen-bond donors (Lipinski definition) is 3. The Morgan fingerprint density at radius 2 is 2.04 bits per heavy atom. The molecule has 1 heterocycles. The molecule has 0 spiro atoms. The van der Waals surface area contributed by atoms with E-state index in [-0.39, 0.29) is 11.3 Å². The van der Waals surface area contributed by atoms with Crippen LogP contribution in [0, 0.1) is 5.92 Å². The largest absolute Gasteiger partial charge is 0.507 e. The Morgan fingerprint density at radius 1 is 1.24 bits per heavy atom. The summed E-state index contributed by atoms with van der Waals surface area (Å²) in [5.74, 6) is -0.0264. The molecule has 1 aromatic heterocycles. The van der Waals surface area contributed by atoms with Crippen LogP contribution in [0.4, 0.5) is 5.69 Å². The van der Waals surface area contributed by atoms with Gasteiger partial charge in [-0.3, -0.25) is 0 Å². The van der Waals surface area contributed by atoms with Gasteiger partial charge in [-0.2, -0.15) is 0 Å². The van der Waals surface area contributed by atoms with E-state index in [2.05, 4.69) is 0 Å². The van der Waals surface area contributed by atoms with Gasteiger partial charge < -0.3 is 25.3 Å². The Morgan fingerprint density at radius 3 is 2.72 bits per heavy atom. The number of aromatic hydroxyl groups is 1. The van der Waals surface area contributed by atoms with Crippen molar-refractivity contribution in [2.24, 2.45) is 5.92 Å². The lowest BCUT2D eigenvalue weighted by atomic mass is 10.1. The van der Waals surface area contributed by atoms with Gasteiger partial charge in [-0.15, -0.1) is 0 Å². The molecule has 25 heavy (non-hydrogen) atoms. The number of rotatable bonds is 5. The van der Waals surface area contributed by atoms with Gasteiger partial charge in [0, 0.05) is 29.4 Å². The van der Waals surface area contributed by atoms with Crippen molar-refractivity contribution in [3.63, 3.8) is 0 Å². The van der Waals surface area contributed by atoms with Crippen molar-refractivity contribution in [1.29, 1.82) is 0 Å². The number of carbonyl (C=O) groups is 1. The van der Waals surface area contributed by atoms with Crippen LogP contribution in [0.2, 0.25) is 0 Å². The second-order valence-corrected chi connectivity index (χ2v) is 6.39. The summed E-state index contributed by atoms with van der Waals surface area (Å²) < 4.78 is 7.65. The summed E-state index contributed by atoms with van der Waals surface area (Å²) in [6.45, 7) is 0.718. The number of anilines is 1. The number of aromatic nitrogens is 1. The van der Waals surface area contributed by atoms with Gasteiger partial charge in [0.25, 0.3) is 0 Å². The maximum absolute atomic E-state index is 11.1. The summed E-state index contributed by atoms with van der Waals surface area (Å²) >= 11 is 0. The zero-order valence-electron chi connectivity index (χ0n) is 13.5. The van der Waals surface area contributed by atoms with Crippen molar-refractivity contribution in [3.8, 4) is 17.2 Å². The summed E-state index contributed by atoms with van der Waals surface area (Å²) in [5, 5.41) is 19.9. The van der Waals surface area contributed by atoms with Crippen LogP contribution in [-0.2, 0) is 0 Å². The second kappa shape index (κ2) is 5.73. The number of ether oxygens (including phenoxy) is 1. The molecule has 1 saturated carbocycles. The molecule has 1 fully saturated rings. The third-order valence-corrected chi connectivity index (χ3v) is 4.48. The Balaban J connectivity index is 1.76. The molecule has 4 rings (SSSR count). The molecule has 1 aliphatic rings. The van der Waals surface area contributed by atoms with E-state index >= 15 is 0 Å². The average Bonchev–Trinajstić information content (AvgIpc) is 3.36. The number of hydrogen-bond acceptors (Lipinski definition) is 4. The molecule has 0 aliphatic heterocycles. The highest BCUT2D eigenvalue weighted by molar-refractivity contribution is 5.95. The van der Waals surface area contributed by atoms with E-state index in [0.717, 1.165) is 23.3 Å². The number of fused-ring (bicyclic) bond motifs is 1. The lowest BCUT2D eigenvalue weighted by Crippen LogP contribution is -2.00. The van der Waals surface area contributed by atoms with Crippen molar-refractivity contribution in [2.45, 2.75) is 12.8 Å². The van der Waals surface area contributed by atoms with Gasteiger partial charge in [-0.25, -0.2) is 4.79 Å². The van der Waals surface area contributed by atoms with E-state index < -0.39 is 5.97 Å². The molecular formula is C19H18N2O4. The molecule has 3 aromatic rings. The first-order valence-corrected chi connectivity index (χ1v) is 8.13. The molecule has 128 valence electrons. The van der Waals surface area contributed by atoms with Crippen LogP contribution in [0.3, 0.4) is 0 Å². The van der Waals surface area contributed by atoms with E-state index in [0.29, 0.717) is 17.3 Å². The van der Waals surface area contributed by atoms with Gasteiger partial charge in [-0.05, 0) is 43.0 Å². The van der Waals surface area contributed by atoms with Crippen LogP contribution < -0.4 is 10.5 Å². The molecule has 0 atom stereocenters. The summed E-state index contributed by atoms with van der Waals surface area (Å²) in [6, 6.07) is 10.2. The first-order chi connectivity index (χ1) is 12.0. The predicted molar refractivity (Wildman–Crippen MR) is 94.5 cm³/mol. The third-order valence-electron chi connectivity index (χ3n) is 4.48. The number of nitrogens with two attached hydrogens (primary N) is 1. The van der Waals surface area contributed by atoms with E-state index in [1.165, 1.54) is 25.0 Å². The molecule has 0 bridgehead atoms. The lowest BCUT2D eigenvalue weighted by Gasteiger charge is -2.09. The molecule has 1 aliphatic carbocycles. The standard InChI is InChI=1S/C19H18N2O4/c20-16-9-21(12-3-5-15(19(23)24)18(22)7-12)17-8-13(4-6-14(16)17)25-10-11-1-2-11/h3-9,11,22H,1-2,10,20H2,(H,23,24). The smallest absolute Gasteiger partial charge is 0.339 e. The maximum Gasteiger partial charge on any atom is 0.339 e. The van der Waals surface area contributed by atoms with Gasteiger partial charge in [-0.1, -0.05) is 0 Å². The maximum atomic E-state index is 11.1. The van der Waals surface area contributed by atoms with Gasteiger partial charge in [0.2, 0.25) is 0 Å². The molecular weight excluding hydrogens is 320 g/mol. The number of carboxylic acid groups (broad SMARTS) is 1. The SMILES string of the molecule is Nc1cn(-c2ccc(C(=O)O)c(O)c2)c2cc(OCC3CC3)ccc12. The monoisotopic (exact) mass is 338 g/mol. The molecule has 0 radical (unpaired) electrons. The van der Waals surface area contributed by atoms with Crippen LogP contribution in [0.25, 0.3) is 16.6 Å². The van der Waals surface area contributed by atoms with Crippen molar-refractivity contribution in [1.82, 2.24) is 4.57 Å². The minimum Gasteiger partial charge on any atom is -0.507 e. The Hall–Kier alpha value is -3.15. The van der Waals surface area contributed by atoms with Crippen molar-refractivity contribution in [2.75, 3.05) is 12.3 Å². The van der Waals surface area contributed by atoms with Crippen LogP contribution in [0.1, 0.15) is 23.2 Å². The van der Waals surface area contributed by atoms with Crippen molar-refractivity contribution < 1.29 is 19.7 Å². The summed E-state index contributed by atoms with van der Waals surface area (Å²) in [5.41, 5.74) is 8.03. The molecule has 4 N–H and O–H groups in total. The summed E-state index contributed by atoms with van der Waals surface area (Å²) in [7, 11) is 0. The average molecular weight is 338 g/mol. The van der Waals surface area contributed by atoms with Gasteiger partial charge in [0.1, 0.15) is 17.1 Å². The van der Waals surface area contributed by atoms with Gasteiger partial charge >= 0.3 is 5.97 Å². The van der Waals surface area contributed by atoms with Crippen LogP contribution in [-0.4, -0.2) is 27.4 Å². The second-order valence-electron chi connectivity index (χ2n) is 6.39. The van der Waals surface area contributed by atoms with Crippen LogP contribution in [0.5, 0.6) is 11.5 Å². The zero-order valence-corrected chi connectivity index (χ0v) is 13.5.